The van der Waals surface area contributed by atoms with Gasteiger partial charge in [0.2, 0.25) is 0 Å². The molecule has 0 atom stereocenters. The van der Waals surface area contributed by atoms with Gasteiger partial charge in [-0.25, -0.2) is 0 Å². The Morgan fingerprint density at radius 1 is 1.89 bits per heavy atom. The smallest absolute Gasteiger partial charge is 0.198 e. The maximum atomic E-state index is 4.92. The van der Waals surface area contributed by atoms with Crippen molar-refractivity contribution in [1.82, 2.24) is 5.32 Å². The predicted molar refractivity (Wildman–Crippen MR) is 37.3 cm³/mol. The van der Waals surface area contributed by atoms with Gasteiger partial charge in [0.25, 0.3) is 0 Å². The van der Waals surface area contributed by atoms with Gasteiger partial charge in [-0.3, -0.25) is 5.32 Å². The molecule has 9 heavy (non-hydrogen) atoms. The summed E-state index contributed by atoms with van der Waals surface area (Å²) in [6.07, 6.45) is 8.14. The third kappa shape index (κ3) is 3.24. The first-order valence-electron chi connectivity index (χ1n) is 2.43. The van der Waals surface area contributed by atoms with E-state index in [0.717, 1.165) is 0 Å². The molecular weight excluding hydrogens is 114 g/mol. The van der Waals surface area contributed by atoms with Crippen molar-refractivity contribution >= 4 is 0 Å². The van der Waals surface area contributed by atoms with Gasteiger partial charge in [0.05, 0.1) is 7.11 Å². The number of nitrogens with one attached hydrogen (secondary N) is 1. The van der Waals surface area contributed by atoms with Crippen LogP contribution in [0.5, 0.6) is 0 Å². The first-order chi connectivity index (χ1) is 4.35. The average molecular weight is 123 g/mol. The van der Waals surface area contributed by atoms with Gasteiger partial charge in [0, 0.05) is 6.04 Å². The van der Waals surface area contributed by atoms with Crippen molar-refractivity contribution in [1.29, 1.82) is 0 Å². The summed E-state index contributed by atoms with van der Waals surface area (Å²) in [5.41, 5.74) is 0. The van der Waals surface area contributed by atoms with Crippen molar-refractivity contribution in [2.75, 3.05) is 7.11 Å². The van der Waals surface area contributed by atoms with Crippen LogP contribution in [0.1, 0.15) is 0 Å². The first kappa shape index (κ1) is 7.64. The second-order valence-corrected chi connectivity index (χ2v) is 1.24. The molecular formula is C7H9NO. The van der Waals surface area contributed by atoms with E-state index in [0.29, 0.717) is 5.88 Å². The van der Waals surface area contributed by atoms with E-state index in [4.69, 9.17) is 11.2 Å². The molecule has 0 rings (SSSR count). The van der Waals surface area contributed by atoms with E-state index in [1.807, 2.05) is 0 Å². The van der Waals surface area contributed by atoms with Crippen LogP contribution < -0.4 is 5.32 Å². The summed E-state index contributed by atoms with van der Waals surface area (Å²) in [5.74, 6) is 0.521. The molecule has 0 aromatic carbocycles. The van der Waals surface area contributed by atoms with E-state index in [-0.39, 0.29) is 0 Å². The lowest BCUT2D eigenvalue weighted by atomic mass is 10.5. The Bertz CT molecular complexity index is 153. The second-order valence-electron chi connectivity index (χ2n) is 1.24. The summed E-state index contributed by atoms with van der Waals surface area (Å²) in [5, 5.41) is 2.53. The van der Waals surface area contributed by atoms with Gasteiger partial charge in [-0.05, 0) is 6.08 Å². The van der Waals surface area contributed by atoms with Crippen molar-refractivity contribution < 1.29 is 4.74 Å². The molecule has 0 spiro atoms. The lowest BCUT2D eigenvalue weighted by Gasteiger charge is -1.99. The molecule has 0 aromatic rings. The third-order valence-electron chi connectivity index (χ3n) is 0.685. The van der Waals surface area contributed by atoms with Crippen LogP contribution in [-0.2, 0) is 4.74 Å². The van der Waals surface area contributed by atoms with Crippen LogP contribution in [0.15, 0.2) is 24.6 Å². The molecule has 0 saturated heterocycles. The molecule has 0 aromatic heterocycles. The topological polar surface area (TPSA) is 21.3 Å². The van der Waals surface area contributed by atoms with E-state index in [9.17, 15) is 0 Å². The highest BCUT2D eigenvalue weighted by atomic mass is 16.5. The quantitative estimate of drug-likeness (QED) is 0.260. The van der Waals surface area contributed by atoms with E-state index >= 15 is 0 Å². The molecule has 48 valence electrons. The molecule has 1 N–H and O–H groups in total. The molecule has 0 aliphatic carbocycles. The fraction of sp³-hybridized carbons (Fsp3) is 0.143. The number of methoxy groups -OCH3 is 1. The van der Waals surface area contributed by atoms with Gasteiger partial charge in [-0.15, -0.1) is 0 Å². The fourth-order valence-electron chi connectivity index (χ4n) is 0.339. The molecule has 0 fully saturated rings. The van der Waals surface area contributed by atoms with Crippen molar-refractivity contribution in [3.8, 4) is 12.5 Å². The number of hydrogen-bond acceptors (Lipinski definition) is 2. The summed E-state index contributed by atoms with van der Waals surface area (Å²) >= 11 is 0. The fourth-order valence-corrected chi connectivity index (χ4v) is 0.339. The van der Waals surface area contributed by atoms with Gasteiger partial charge < -0.3 is 4.74 Å². The molecule has 0 unspecified atom stereocenters. The predicted octanol–water partition coefficient (Wildman–Crippen LogP) is 0.841. The summed E-state index contributed by atoms with van der Waals surface area (Å²) in [6, 6.07) is 2.21. The van der Waals surface area contributed by atoms with Crippen LogP contribution in [0, 0.1) is 12.5 Å². The van der Waals surface area contributed by atoms with Gasteiger partial charge in [0.15, 0.2) is 5.88 Å². The van der Waals surface area contributed by atoms with Crippen LogP contribution in [-0.4, -0.2) is 7.11 Å². The van der Waals surface area contributed by atoms with Gasteiger partial charge in [0.1, 0.15) is 0 Å². The molecule has 0 aliphatic heterocycles. The highest BCUT2D eigenvalue weighted by Gasteiger charge is 1.84. The number of hydrogen-bond donors (Lipinski definition) is 1. The molecule has 2 nitrogen and oxygen atoms in total. The highest BCUT2D eigenvalue weighted by Crippen LogP contribution is 1.86. The standard InChI is InChI=1S/C7H9NO/c1-4-6-7(9-3)8-5-2/h2,4,6,8H,1H2,3H3/b7-6+. The summed E-state index contributed by atoms with van der Waals surface area (Å²) < 4.78 is 4.77. The minimum atomic E-state index is 0.521. The highest BCUT2D eigenvalue weighted by molar-refractivity contribution is 5.06. The van der Waals surface area contributed by atoms with Gasteiger partial charge >= 0.3 is 0 Å². The normalized spacial score (nSPS) is 9.56. The number of allylic oxidation sites excluding steroid dienone is 2. The number of rotatable bonds is 3. The summed E-state index contributed by atoms with van der Waals surface area (Å²) in [6.45, 7) is 3.47. The van der Waals surface area contributed by atoms with Gasteiger partial charge in [-0.1, -0.05) is 19.1 Å². The van der Waals surface area contributed by atoms with Crippen LogP contribution in [0.25, 0.3) is 0 Å². The SMILES string of the molecule is C#CN/C(=C\C=C)OC. The van der Waals surface area contributed by atoms with Crippen LogP contribution in [0.4, 0.5) is 0 Å². The van der Waals surface area contributed by atoms with E-state index in [1.165, 1.54) is 7.11 Å². The Morgan fingerprint density at radius 3 is 2.89 bits per heavy atom. The van der Waals surface area contributed by atoms with Crippen LogP contribution >= 0.6 is 0 Å². The van der Waals surface area contributed by atoms with Gasteiger partial charge in [-0.2, -0.15) is 0 Å². The van der Waals surface area contributed by atoms with Crippen LogP contribution in [0.3, 0.4) is 0 Å². The monoisotopic (exact) mass is 123 g/mol. The Morgan fingerprint density at radius 2 is 2.56 bits per heavy atom. The number of terminal acetylenes is 1. The number of ether oxygens (including phenoxy) is 1. The molecule has 0 bridgehead atoms. The minimum Gasteiger partial charge on any atom is -0.482 e. The molecule has 2 heteroatoms. The first-order valence-corrected chi connectivity index (χ1v) is 2.43. The molecule has 0 heterocycles. The van der Waals surface area contributed by atoms with E-state index in [1.54, 1.807) is 12.2 Å². The Hall–Kier alpha value is -1.36. The maximum absolute atomic E-state index is 4.92. The molecule has 0 aliphatic rings. The molecule has 0 amide bonds. The van der Waals surface area contributed by atoms with Crippen LogP contribution in [0.2, 0.25) is 0 Å². The van der Waals surface area contributed by atoms with E-state index < -0.39 is 0 Å². The summed E-state index contributed by atoms with van der Waals surface area (Å²) in [4.78, 5) is 0. The Kier molecular flexibility index (Phi) is 4.07. The lowest BCUT2D eigenvalue weighted by molar-refractivity contribution is 0.274. The second kappa shape index (κ2) is 4.79. The third-order valence-corrected chi connectivity index (χ3v) is 0.685. The average Bonchev–Trinajstić information content (AvgIpc) is 1.88. The van der Waals surface area contributed by atoms with Crippen molar-refractivity contribution in [3.63, 3.8) is 0 Å². The zero-order valence-corrected chi connectivity index (χ0v) is 5.35. The molecule has 0 saturated carbocycles. The van der Waals surface area contributed by atoms with Crippen molar-refractivity contribution in [2.45, 2.75) is 0 Å². The minimum absolute atomic E-state index is 0.521. The Balaban J connectivity index is 3.84. The Labute approximate surface area is 55.2 Å². The zero-order chi connectivity index (χ0) is 7.11. The largest absolute Gasteiger partial charge is 0.482 e. The summed E-state index contributed by atoms with van der Waals surface area (Å²) in [7, 11) is 1.53. The molecule has 0 radical (unpaired) electrons. The van der Waals surface area contributed by atoms with E-state index in [2.05, 4.69) is 17.9 Å². The van der Waals surface area contributed by atoms with Crippen molar-refractivity contribution in [2.24, 2.45) is 0 Å². The zero-order valence-electron chi connectivity index (χ0n) is 5.35. The lowest BCUT2D eigenvalue weighted by Crippen LogP contribution is -2.05. The van der Waals surface area contributed by atoms with Crippen molar-refractivity contribution in [3.05, 3.63) is 24.6 Å². The maximum Gasteiger partial charge on any atom is 0.198 e.